The van der Waals surface area contributed by atoms with Crippen LogP contribution in [0.2, 0.25) is 0 Å². The zero-order chi connectivity index (χ0) is 24.8. The highest BCUT2D eigenvalue weighted by atomic mass is 16.4. The predicted molar refractivity (Wildman–Crippen MR) is 112 cm³/mol. The van der Waals surface area contributed by atoms with Gasteiger partial charge in [-0.05, 0) is 32.7 Å². The molecule has 0 bridgehead atoms. The van der Waals surface area contributed by atoms with Gasteiger partial charge in [0.05, 0.1) is 12.5 Å². The van der Waals surface area contributed by atoms with E-state index in [9.17, 15) is 28.8 Å². The third-order valence-corrected chi connectivity index (χ3v) is 4.39. The Kier molecular flexibility index (Phi) is 13.2. The first-order valence-electron chi connectivity index (χ1n) is 10.0. The minimum atomic E-state index is -1.63. The summed E-state index contributed by atoms with van der Waals surface area (Å²) in [4.78, 5) is 70.4. The summed E-state index contributed by atoms with van der Waals surface area (Å²) in [6.07, 6.45) is 0.495. The maximum atomic E-state index is 12.5. The van der Waals surface area contributed by atoms with E-state index in [0.717, 1.165) is 0 Å². The maximum absolute atomic E-state index is 12.5. The molecule has 14 nitrogen and oxygen atoms in total. The Labute approximate surface area is 185 Å². The quantitative estimate of drug-likeness (QED) is 0.105. The predicted octanol–water partition coefficient (Wildman–Crippen LogP) is -3.86. The summed E-state index contributed by atoms with van der Waals surface area (Å²) >= 11 is 0. The molecule has 182 valence electrons. The summed E-state index contributed by atoms with van der Waals surface area (Å²) in [7, 11) is 0. The smallest absolute Gasteiger partial charge is 0.326 e. The van der Waals surface area contributed by atoms with Gasteiger partial charge in [-0.1, -0.05) is 6.42 Å². The molecule has 5 amide bonds. The van der Waals surface area contributed by atoms with Gasteiger partial charge in [0.1, 0.15) is 18.1 Å². The van der Waals surface area contributed by atoms with Crippen molar-refractivity contribution in [2.75, 3.05) is 6.54 Å². The van der Waals surface area contributed by atoms with Crippen LogP contribution >= 0.6 is 0 Å². The molecular weight excluding hydrogens is 426 g/mol. The Balaban J connectivity index is 5.11. The Morgan fingerprint density at radius 1 is 0.812 bits per heavy atom. The van der Waals surface area contributed by atoms with Crippen molar-refractivity contribution in [2.24, 2.45) is 22.9 Å². The Morgan fingerprint density at radius 2 is 1.41 bits per heavy atom. The molecule has 0 saturated carbocycles. The first-order valence-corrected chi connectivity index (χ1v) is 10.0. The van der Waals surface area contributed by atoms with E-state index in [4.69, 9.17) is 28.0 Å². The van der Waals surface area contributed by atoms with Crippen molar-refractivity contribution in [1.82, 2.24) is 16.0 Å². The van der Waals surface area contributed by atoms with Gasteiger partial charge in [-0.3, -0.25) is 24.0 Å². The Morgan fingerprint density at radius 3 is 1.91 bits per heavy atom. The van der Waals surface area contributed by atoms with Gasteiger partial charge < -0.3 is 44.0 Å². The van der Waals surface area contributed by atoms with Crippen molar-refractivity contribution >= 4 is 35.5 Å². The fourth-order valence-electron chi connectivity index (χ4n) is 2.55. The molecule has 0 aromatic heterocycles. The van der Waals surface area contributed by atoms with Crippen molar-refractivity contribution in [3.8, 4) is 0 Å². The molecule has 12 N–H and O–H groups in total. The van der Waals surface area contributed by atoms with Crippen LogP contribution in [-0.2, 0) is 28.8 Å². The van der Waals surface area contributed by atoms with E-state index in [1.807, 2.05) is 0 Å². The lowest BCUT2D eigenvalue weighted by Gasteiger charge is -2.23. The summed E-state index contributed by atoms with van der Waals surface area (Å²) in [6, 6.07) is -4.93. The number of hydrogen-bond acceptors (Lipinski definition) is 8. The largest absolute Gasteiger partial charge is 0.480 e. The van der Waals surface area contributed by atoms with Crippen LogP contribution in [0.4, 0.5) is 0 Å². The van der Waals surface area contributed by atoms with Gasteiger partial charge in [0.2, 0.25) is 29.5 Å². The average molecular weight is 460 g/mol. The molecule has 0 heterocycles. The van der Waals surface area contributed by atoms with E-state index in [0.29, 0.717) is 25.8 Å². The molecule has 0 radical (unpaired) electrons. The molecule has 32 heavy (non-hydrogen) atoms. The van der Waals surface area contributed by atoms with E-state index < -0.39 is 66.1 Å². The van der Waals surface area contributed by atoms with Gasteiger partial charge in [-0.2, -0.15) is 0 Å². The number of aliphatic carboxylic acids is 1. The van der Waals surface area contributed by atoms with E-state index in [1.165, 1.54) is 6.92 Å². The lowest BCUT2D eigenvalue weighted by Crippen LogP contribution is -2.56. The van der Waals surface area contributed by atoms with Crippen LogP contribution in [0, 0.1) is 0 Å². The molecule has 4 unspecified atom stereocenters. The van der Waals surface area contributed by atoms with Crippen LogP contribution in [0.1, 0.15) is 45.4 Å². The van der Waals surface area contributed by atoms with E-state index in [2.05, 4.69) is 16.0 Å². The molecule has 0 fully saturated rings. The maximum Gasteiger partial charge on any atom is 0.326 e. The van der Waals surface area contributed by atoms with Crippen molar-refractivity contribution in [2.45, 2.75) is 69.6 Å². The van der Waals surface area contributed by atoms with E-state index in [-0.39, 0.29) is 12.8 Å². The van der Waals surface area contributed by atoms with E-state index in [1.54, 1.807) is 0 Å². The van der Waals surface area contributed by atoms with Gasteiger partial charge >= 0.3 is 5.97 Å². The van der Waals surface area contributed by atoms with Crippen LogP contribution in [0.3, 0.4) is 0 Å². The van der Waals surface area contributed by atoms with Crippen molar-refractivity contribution in [3.05, 3.63) is 0 Å². The molecule has 0 saturated heterocycles. The van der Waals surface area contributed by atoms with Crippen LogP contribution in [0.15, 0.2) is 0 Å². The number of amides is 5. The number of carbonyl (C=O) groups excluding carboxylic acids is 5. The summed E-state index contributed by atoms with van der Waals surface area (Å²) in [5.41, 5.74) is 21.2. The average Bonchev–Trinajstić information content (AvgIpc) is 2.69. The molecule has 0 aromatic carbocycles. The number of rotatable bonds is 16. The van der Waals surface area contributed by atoms with Crippen molar-refractivity contribution in [1.29, 1.82) is 0 Å². The highest BCUT2D eigenvalue weighted by Crippen LogP contribution is 2.03. The lowest BCUT2D eigenvalue weighted by molar-refractivity contribution is -0.144. The molecule has 0 aliphatic rings. The summed E-state index contributed by atoms with van der Waals surface area (Å²) < 4.78 is 0. The molecule has 4 atom stereocenters. The summed E-state index contributed by atoms with van der Waals surface area (Å²) in [5, 5.41) is 15.9. The van der Waals surface area contributed by atoms with Gasteiger partial charge in [0.15, 0.2) is 0 Å². The second-order valence-corrected chi connectivity index (χ2v) is 7.26. The number of hydrogen-bond donors (Lipinski definition) is 8. The molecule has 0 aliphatic heterocycles. The molecule has 0 spiro atoms. The Hall–Kier alpha value is -3.26. The summed E-state index contributed by atoms with van der Waals surface area (Å²) in [5.74, 6) is -5.55. The van der Waals surface area contributed by atoms with Crippen LogP contribution in [-0.4, -0.2) is 71.3 Å². The standard InChI is InChI=1S/C18H33N7O7/c1-9(23-16(29)10(20)4-2-3-7-19)15(28)24-11(5-6-13(21)26)17(30)25-12(18(31)32)8-14(22)27/h9-12H,2-8,19-20H2,1H3,(H2,21,26)(H2,22,27)(H,23,29)(H,24,28)(H,25,30)(H,31,32). The van der Waals surface area contributed by atoms with Gasteiger partial charge in [-0.15, -0.1) is 0 Å². The highest BCUT2D eigenvalue weighted by Gasteiger charge is 2.29. The number of carbonyl (C=O) groups is 6. The third-order valence-electron chi connectivity index (χ3n) is 4.39. The SMILES string of the molecule is CC(NC(=O)C(N)CCCCN)C(=O)NC(CCC(N)=O)C(=O)NC(CC(N)=O)C(=O)O. The molecule has 0 rings (SSSR count). The minimum absolute atomic E-state index is 0.241. The first kappa shape index (κ1) is 28.7. The normalized spacial score (nSPS) is 14.3. The topological polar surface area (TPSA) is 263 Å². The number of carboxylic acid groups (broad SMARTS) is 1. The third kappa shape index (κ3) is 11.8. The van der Waals surface area contributed by atoms with Crippen molar-refractivity contribution in [3.63, 3.8) is 0 Å². The lowest BCUT2D eigenvalue weighted by atomic mass is 10.1. The number of primary amides is 2. The second kappa shape index (κ2) is 14.7. The van der Waals surface area contributed by atoms with Gasteiger partial charge in [0.25, 0.3) is 0 Å². The molecule has 0 aliphatic carbocycles. The number of nitrogens with one attached hydrogen (secondary N) is 3. The highest BCUT2D eigenvalue weighted by molar-refractivity contribution is 5.95. The number of unbranched alkanes of at least 4 members (excludes halogenated alkanes) is 1. The fourth-order valence-corrected chi connectivity index (χ4v) is 2.55. The Bertz CT molecular complexity index is 701. The first-order chi connectivity index (χ1) is 14.9. The minimum Gasteiger partial charge on any atom is -0.480 e. The van der Waals surface area contributed by atoms with Crippen LogP contribution in [0.25, 0.3) is 0 Å². The zero-order valence-corrected chi connectivity index (χ0v) is 18.0. The van der Waals surface area contributed by atoms with Crippen LogP contribution in [0.5, 0.6) is 0 Å². The molecule has 14 heteroatoms. The zero-order valence-electron chi connectivity index (χ0n) is 18.0. The fraction of sp³-hybridized carbons (Fsp3) is 0.667. The summed E-state index contributed by atoms with van der Waals surface area (Å²) in [6.45, 7) is 1.82. The van der Waals surface area contributed by atoms with Crippen molar-refractivity contribution < 1.29 is 33.9 Å². The molecular formula is C18H33N7O7. The molecule has 0 aromatic rings. The van der Waals surface area contributed by atoms with E-state index >= 15 is 0 Å². The second-order valence-electron chi connectivity index (χ2n) is 7.26. The number of carboxylic acids is 1. The number of nitrogens with two attached hydrogens (primary N) is 4. The van der Waals surface area contributed by atoms with Gasteiger partial charge in [0, 0.05) is 6.42 Å². The monoisotopic (exact) mass is 459 g/mol. The van der Waals surface area contributed by atoms with Gasteiger partial charge in [-0.25, -0.2) is 4.79 Å². The van der Waals surface area contributed by atoms with Crippen LogP contribution < -0.4 is 38.9 Å².